The second kappa shape index (κ2) is 10.9. The van der Waals surface area contributed by atoms with E-state index >= 15 is 8.78 Å². The van der Waals surface area contributed by atoms with Crippen molar-refractivity contribution >= 4 is 12.0 Å². The topological polar surface area (TPSA) is 32.8 Å². The molecule has 4 nitrogen and oxygen atoms in total. The largest absolute Gasteiger partial charge is 0.465 e. The number of methoxy groups -OCH3 is 1. The number of ether oxygens (including phenoxy) is 1. The molecular weight excluding hydrogens is 498 g/mol. The molecule has 2 heterocycles. The molecule has 2 aliphatic rings. The van der Waals surface area contributed by atoms with E-state index in [1.807, 2.05) is 4.90 Å². The van der Waals surface area contributed by atoms with Gasteiger partial charge >= 0.3 is 12.1 Å². The summed E-state index contributed by atoms with van der Waals surface area (Å²) in [5.74, 6) is -2.51. The summed E-state index contributed by atoms with van der Waals surface area (Å²) in [5.41, 5.74) is 1.78. The molecule has 0 radical (unpaired) electrons. The smallest absolute Gasteiger partial charge is 0.401 e. The Labute approximate surface area is 211 Å². The molecule has 1 saturated heterocycles. The number of nitrogens with zero attached hydrogens (tertiary/aromatic N) is 2. The summed E-state index contributed by atoms with van der Waals surface area (Å²) >= 11 is 0. The van der Waals surface area contributed by atoms with Crippen molar-refractivity contribution < 1.29 is 35.9 Å². The van der Waals surface area contributed by atoms with Crippen molar-refractivity contribution in [3.05, 3.63) is 75.4 Å². The average Bonchev–Trinajstić information content (AvgIpc) is 2.80. The van der Waals surface area contributed by atoms with Crippen LogP contribution in [0.25, 0.3) is 6.08 Å². The van der Waals surface area contributed by atoms with Crippen LogP contribution in [0.1, 0.15) is 52.0 Å². The standard InChI is InChI=1S/C27H28F6N2O2/c1-16-8-20-12-19(26(36)37-2)4-5-21(20)25(35(16)15-27(31,32)33)24-22(29)10-17(11-23(24)30)9-18-13-34(14-18)7-3-6-28/h4-5,9-12,16,25H,3,6-8,13-15H2,1-2H3/t16-,25+/m1/s1. The van der Waals surface area contributed by atoms with Gasteiger partial charge in [0.1, 0.15) is 11.6 Å². The van der Waals surface area contributed by atoms with Crippen LogP contribution in [0.2, 0.25) is 0 Å². The van der Waals surface area contributed by atoms with E-state index in [-0.39, 0.29) is 17.5 Å². The molecule has 2 aromatic rings. The quantitative estimate of drug-likeness (QED) is 0.342. The van der Waals surface area contributed by atoms with Crippen LogP contribution >= 0.6 is 0 Å². The molecule has 0 aliphatic carbocycles. The highest BCUT2D eigenvalue weighted by atomic mass is 19.4. The van der Waals surface area contributed by atoms with E-state index in [1.54, 1.807) is 13.0 Å². The van der Waals surface area contributed by atoms with Crippen LogP contribution in [0.3, 0.4) is 0 Å². The predicted octanol–water partition coefficient (Wildman–Crippen LogP) is 5.71. The first-order valence-electron chi connectivity index (χ1n) is 12.0. The first kappa shape index (κ1) is 27.2. The Balaban J connectivity index is 1.72. The third-order valence-corrected chi connectivity index (χ3v) is 6.84. The van der Waals surface area contributed by atoms with Gasteiger partial charge in [0.2, 0.25) is 0 Å². The zero-order valence-corrected chi connectivity index (χ0v) is 20.5. The van der Waals surface area contributed by atoms with Crippen LogP contribution in [-0.4, -0.2) is 68.0 Å². The average molecular weight is 527 g/mol. The highest BCUT2D eigenvalue weighted by molar-refractivity contribution is 5.89. The van der Waals surface area contributed by atoms with Gasteiger partial charge in [-0.1, -0.05) is 12.1 Å². The van der Waals surface area contributed by atoms with E-state index in [0.717, 1.165) is 22.6 Å². The van der Waals surface area contributed by atoms with Gasteiger partial charge in [-0.05, 0) is 66.3 Å². The minimum absolute atomic E-state index is 0.166. The van der Waals surface area contributed by atoms with Crippen molar-refractivity contribution in [2.75, 3.05) is 40.0 Å². The van der Waals surface area contributed by atoms with E-state index in [4.69, 9.17) is 4.74 Å². The van der Waals surface area contributed by atoms with Gasteiger partial charge in [0.05, 0.1) is 31.9 Å². The molecule has 37 heavy (non-hydrogen) atoms. The van der Waals surface area contributed by atoms with E-state index in [2.05, 4.69) is 0 Å². The second-order valence-corrected chi connectivity index (χ2v) is 9.60. The van der Waals surface area contributed by atoms with Crippen LogP contribution in [-0.2, 0) is 11.2 Å². The summed E-state index contributed by atoms with van der Waals surface area (Å²) in [6, 6.07) is 4.55. The SMILES string of the molecule is COC(=O)c1ccc2c(c1)C[C@@H](C)N(CC(F)(F)F)[C@@H]2c1c(F)cc(C=C2CN(CCCF)C2)cc1F. The van der Waals surface area contributed by atoms with Crippen LogP contribution in [0, 0.1) is 11.6 Å². The number of alkyl halides is 4. The Morgan fingerprint density at radius 3 is 2.41 bits per heavy atom. The number of rotatable bonds is 7. The zero-order valence-electron chi connectivity index (χ0n) is 20.5. The van der Waals surface area contributed by atoms with Crippen molar-refractivity contribution in [2.45, 2.75) is 38.0 Å². The fraction of sp³-hybridized carbons (Fsp3) is 0.444. The molecule has 0 saturated carbocycles. The molecule has 200 valence electrons. The lowest BCUT2D eigenvalue weighted by Gasteiger charge is -2.42. The minimum atomic E-state index is -4.59. The number of carbonyl (C=O) groups excluding carboxylic acids is 1. The number of fused-ring (bicyclic) bond motifs is 1. The van der Waals surface area contributed by atoms with E-state index in [0.29, 0.717) is 37.2 Å². The number of likely N-dealkylation sites (tertiary alicyclic amines) is 1. The van der Waals surface area contributed by atoms with E-state index in [1.165, 1.54) is 25.3 Å². The van der Waals surface area contributed by atoms with Crippen LogP contribution in [0.4, 0.5) is 26.3 Å². The van der Waals surface area contributed by atoms with Gasteiger partial charge in [0.15, 0.2) is 0 Å². The summed E-state index contributed by atoms with van der Waals surface area (Å²) in [6.07, 6.45) is -2.36. The molecule has 0 aromatic heterocycles. The summed E-state index contributed by atoms with van der Waals surface area (Å²) in [6.45, 7) is 1.54. The van der Waals surface area contributed by atoms with Crippen molar-refractivity contribution in [3.63, 3.8) is 0 Å². The molecule has 2 aliphatic heterocycles. The normalized spacial score (nSPS) is 20.4. The Hall–Kier alpha value is -2.85. The Morgan fingerprint density at radius 1 is 1.14 bits per heavy atom. The maximum atomic E-state index is 15.5. The van der Waals surface area contributed by atoms with E-state index < -0.39 is 54.6 Å². The van der Waals surface area contributed by atoms with Crippen molar-refractivity contribution in [3.8, 4) is 0 Å². The minimum Gasteiger partial charge on any atom is -0.465 e. The fourth-order valence-electron chi connectivity index (χ4n) is 5.18. The van der Waals surface area contributed by atoms with Gasteiger partial charge in [0.25, 0.3) is 0 Å². The number of esters is 1. The maximum Gasteiger partial charge on any atom is 0.401 e. The first-order chi connectivity index (χ1) is 17.5. The van der Waals surface area contributed by atoms with Crippen LogP contribution in [0.15, 0.2) is 35.9 Å². The second-order valence-electron chi connectivity index (χ2n) is 9.60. The Bertz CT molecular complexity index is 1160. The van der Waals surface area contributed by atoms with Crippen LogP contribution in [0.5, 0.6) is 0 Å². The molecule has 1 fully saturated rings. The third-order valence-electron chi connectivity index (χ3n) is 6.84. The molecule has 0 unspecified atom stereocenters. The highest BCUT2D eigenvalue weighted by Crippen LogP contribution is 2.42. The monoisotopic (exact) mass is 526 g/mol. The zero-order chi connectivity index (χ0) is 26.9. The molecule has 10 heteroatoms. The molecule has 4 rings (SSSR count). The lowest BCUT2D eigenvalue weighted by Crippen LogP contribution is -2.47. The van der Waals surface area contributed by atoms with Gasteiger partial charge < -0.3 is 4.74 Å². The van der Waals surface area contributed by atoms with Crippen molar-refractivity contribution in [1.29, 1.82) is 0 Å². The highest BCUT2D eigenvalue weighted by Gasteiger charge is 2.42. The maximum absolute atomic E-state index is 15.5. The lowest BCUT2D eigenvalue weighted by molar-refractivity contribution is -0.155. The van der Waals surface area contributed by atoms with Crippen LogP contribution < -0.4 is 0 Å². The third kappa shape index (κ3) is 6.01. The fourth-order valence-corrected chi connectivity index (χ4v) is 5.18. The number of carbonyl (C=O) groups is 1. The lowest BCUT2D eigenvalue weighted by atomic mass is 9.83. The summed E-state index contributed by atoms with van der Waals surface area (Å²) in [7, 11) is 1.21. The van der Waals surface area contributed by atoms with E-state index in [9.17, 15) is 22.4 Å². The number of halogens is 6. The van der Waals surface area contributed by atoms with Gasteiger partial charge in [-0.3, -0.25) is 14.2 Å². The Kier molecular flexibility index (Phi) is 7.99. The molecule has 0 bridgehead atoms. The Morgan fingerprint density at radius 2 is 1.81 bits per heavy atom. The van der Waals surface area contributed by atoms with Gasteiger partial charge in [0, 0.05) is 31.2 Å². The summed E-state index contributed by atoms with van der Waals surface area (Å²) in [4.78, 5) is 15.0. The first-order valence-corrected chi connectivity index (χ1v) is 12.0. The number of benzene rings is 2. The molecule has 0 N–H and O–H groups in total. The van der Waals surface area contributed by atoms with Crippen molar-refractivity contribution in [2.24, 2.45) is 0 Å². The predicted molar refractivity (Wildman–Crippen MR) is 127 cm³/mol. The van der Waals surface area contributed by atoms with Gasteiger partial charge in [-0.15, -0.1) is 0 Å². The molecule has 0 spiro atoms. The molecule has 0 amide bonds. The van der Waals surface area contributed by atoms with Gasteiger partial charge in [-0.2, -0.15) is 13.2 Å². The molecule has 2 aromatic carbocycles. The summed E-state index contributed by atoms with van der Waals surface area (Å²) < 4.78 is 88.7. The van der Waals surface area contributed by atoms with Crippen molar-refractivity contribution in [1.82, 2.24) is 9.80 Å². The number of hydrogen-bond acceptors (Lipinski definition) is 4. The summed E-state index contributed by atoms with van der Waals surface area (Å²) in [5, 5.41) is 0. The van der Waals surface area contributed by atoms with Gasteiger partial charge in [-0.25, -0.2) is 13.6 Å². The molecular formula is C27H28F6N2O2. The number of hydrogen-bond donors (Lipinski definition) is 0. The molecule has 2 atom stereocenters.